The topological polar surface area (TPSA) is 59.8 Å². The summed E-state index contributed by atoms with van der Waals surface area (Å²) < 4.78 is 2.61. The van der Waals surface area contributed by atoms with Gasteiger partial charge < -0.3 is 5.32 Å². The molecule has 0 aliphatic carbocycles. The van der Waals surface area contributed by atoms with Crippen molar-refractivity contribution in [1.29, 1.82) is 0 Å². The molecule has 0 saturated heterocycles. The Balaban J connectivity index is 1.76. The number of anilines is 1. The van der Waals surface area contributed by atoms with Crippen LogP contribution in [0.2, 0.25) is 0 Å². The molecule has 1 N–H and O–H groups in total. The second-order valence-corrected chi connectivity index (χ2v) is 5.62. The number of rotatable bonds is 4. The maximum absolute atomic E-state index is 12.2. The highest BCUT2D eigenvalue weighted by atomic mass is 79.9. The summed E-state index contributed by atoms with van der Waals surface area (Å²) in [6.07, 6.45) is 3.37. The van der Waals surface area contributed by atoms with Crippen LogP contribution in [-0.2, 0) is 11.2 Å². The minimum absolute atomic E-state index is 0.0742. The van der Waals surface area contributed by atoms with E-state index in [0.717, 1.165) is 15.7 Å². The van der Waals surface area contributed by atoms with Crippen LogP contribution in [-0.4, -0.2) is 20.7 Å². The van der Waals surface area contributed by atoms with Crippen LogP contribution in [0.5, 0.6) is 0 Å². The van der Waals surface area contributed by atoms with E-state index in [0.29, 0.717) is 12.1 Å². The Bertz CT molecular complexity index is 769. The molecule has 3 rings (SSSR count). The van der Waals surface area contributed by atoms with Gasteiger partial charge in [-0.25, -0.2) is 9.67 Å². The number of hydrogen-bond donors (Lipinski definition) is 1. The van der Waals surface area contributed by atoms with Crippen molar-refractivity contribution in [2.75, 3.05) is 5.32 Å². The fraction of sp³-hybridized carbons (Fsp3) is 0.0625. The van der Waals surface area contributed by atoms with Gasteiger partial charge in [-0.15, -0.1) is 0 Å². The van der Waals surface area contributed by atoms with Gasteiger partial charge in [0.2, 0.25) is 5.91 Å². The van der Waals surface area contributed by atoms with E-state index in [1.165, 1.54) is 6.33 Å². The van der Waals surface area contributed by atoms with Crippen molar-refractivity contribution in [2.24, 2.45) is 0 Å². The van der Waals surface area contributed by atoms with E-state index in [1.807, 2.05) is 48.5 Å². The summed E-state index contributed by atoms with van der Waals surface area (Å²) in [6.45, 7) is 0. The van der Waals surface area contributed by atoms with Crippen molar-refractivity contribution in [1.82, 2.24) is 14.8 Å². The van der Waals surface area contributed by atoms with Gasteiger partial charge in [0.05, 0.1) is 17.8 Å². The number of nitrogens with one attached hydrogen (secondary N) is 1. The van der Waals surface area contributed by atoms with Gasteiger partial charge in [-0.1, -0.05) is 40.2 Å². The van der Waals surface area contributed by atoms with Crippen LogP contribution in [0.25, 0.3) is 5.69 Å². The van der Waals surface area contributed by atoms with Crippen LogP contribution >= 0.6 is 15.9 Å². The smallest absolute Gasteiger partial charge is 0.228 e. The van der Waals surface area contributed by atoms with Gasteiger partial charge in [0, 0.05) is 4.47 Å². The highest BCUT2D eigenvalue weighted by Gasteiger charge is 2.09. The first-order valence-corrected chi connectivity index (χ1v) is 7.50. The fourth-order valence-corrected chi connectivity index (χ4v) is 2.36. The Morgan fingerprint density at radius 1 is 1.14 bits per heavy atom. The molecule has 0 fully saturated rings. The van der Waals surface area contributed by atoms with Crippen molar-refractivity contribution in [3.05, 3.63) is 71.2 Å². The van der Waals surface area contributed by atoms with Gasteiger partial charge in [0.25, 0.3) is 0 Å². The molecule has 3 aromatic rings. The Labute approximate surface area is 136 Å². The van der Waals surface area contributed by atoms with E-state index in [-0.39, 0.29) is 5.91 Å². The molecule has 22 heavy (non-hydrogen) atoms. The standard InChI is InChI=1S/C16H13BrN4O/c17-13-7-5-12(6-8-13)9-16(22)20-14-3-1-2-4-15(14)21-11-18-10-19-21/h1-8,10-11H,9H2,(H,20,22). The molecule has 0 aliphatic rings. The molecule has 1 amide bonds. The van der Waals surface area contributed by atoms with Crippen LogP contribution in [0.1, 0.15) is 5.56 Å². The van der Waals surface area contributed by atoms with Gasteiger partial charge >= 0.3 is 0 Å². The predicted octanol–water partition coefficient (Wildman–Crippen LogP) is 3.21. The lowest BCUT2D eigenvalue weighted by atomic mass is 10.1. The molecule has 2 aromatic carbocycles. The van der Waals surface area contributed by atoms with E-state index >= 15 is 0 Å². The summed E-state index contributed by atoms with van der Waals surface area (Å²) in [5.74, 6) is -0.0742. The fourth-order valence-electron chi connectivity index (χ4n) is 2.09. The molecule has 1 aromatic heterocycles. The lowest BCUT2D eigenvalue weighted by Gasteiger charge is -2.10. The molecule has 0 saturated carbocycles. The summed E-state index contributed by atoms with van der Waals surface area (Å²) in [5.41, 5.74) is 2.44. The summed E-state index contributed by atoms with van der Waals surface area (Å²) in [4.78, 5) is 16.1. The number of para-hydroxylation sites is 2. The Morgan fingerprint density at radius 2 is 1.91 bits per heavy atom. The minimum atomic E-state index is -0.0742. The van der Waals surface area contributed by atoms with Crippen molar-refractivity contribution >= 4 is 27.5 Å². The van der Waals surface area contributed by atoms with Crippen LogP contribution in [0.15, 0.2) is 65.7 Å². The van der Waals surface area contributed by atoms with Crippen molar-refractivity contribution in [3.63, 3.8) is 0 Å². The molecule has 0 aliphatic heterocycles. The van der Waals surface area contributed by atoms with Gasteiger partial charge in [0.1, 0.15) is 12.7 Å². The number of aromatic nitrogens is 3. The molecule has 0 atom stereocenters. The van der Waals surface area contributed by atoms with Crippen molar-refractivity contribution in [2.45, 2.75) is 6.42 Å². The number of amides is 1. The normalized spacial score (nSPS) is 10.4. The van der Waals surface area contributed by atoms with Gasteiger partial charge in [-0.05, 0) is 29.8 Å². The first-order chi connectivity index (χ1) is 10.7. The lowest BCUT2D eigenvalue weighted by molar-refractivity contribution is -0.115. The Hall–Kier alpha value is -2.47. The number of carbonyl (C=O) groups is 1. The first-order valence-electron chi connectivity index (χ1n) is 6.71. The molecule has 0 bridgehead atoms. The Morgan fingerprint density at radius 3 is 2.64 bits per heavy atom. The SMILES string of the molecule is O=C(Cc1ccc(Br)cc1)Nc1ccccc1-n1cncn1. The maximum atomic E-state index is 12.2. The van der Waals surface area contributed by atoms with E-state index in [2.05, 4.69) is 31.3 Å². The van der Waals surface area contributed by atoms with E-state index in [4.69, 9.17) is 0 Å². The highest BCUT2D eigenvalue weighted by molar-refractivity contribution is 9.10. The lowest BCUT2D eigenvalue weighted by Crippen LogP contribution is -2.16. The molecule has 1 heterocycles. The summed E-state index contributed by atoms with van der Waals surface area (Å²) in [7, 11) is 0. The molecule has 6 heteroatoms. The zero-order chi connectivity index (χ0) is 15.4. The van der Waals surface area contributed by atoms with Gasteiger partial charge in [0.15, 0.2) is 0 Å². The quantitative estimate of drug-likeness (QED) is 0.780. The molecule has 0 radical (unpaired) electrons. The van der Waals surface area contributed by atoms with Crippen LogP contribution in [0, 0.1) is 0 Å². The monoisotopic (exact) mass is 356 g/mol. The number of halogens is 1. The van der Waals surface area contributed by atoms with Gasteiger partial charge in [-0.3, -0.25) is 4.79 Å². The largest absolute Gasteiger partial charge is 0.324 e. The second kappa shape index (κ2) is 6.53. The summed E-state index contributed by atoms with van der Waals surface area (Å²) >= 11 is 3.38. The van der Waals surface area contributed by atoms with Crippen LogP contribution in [0.3, 0.4) is 0 Å². The van der Waals surface area contributed by atoms with E-state index < -0.39 is 0 Å². The molecular formula is C16H13BrN4O. The number of benzene rings is 2. The number of carbonyl (C=O) groups excluding carboxylic acids is 1. The third kappa shape index (κ3) is 3.40. The summed E-state index contributed by atoms with van der Waals surface area (Å²) in [5, 5.41) is 7.02. The highest BCUT2D eigenvalue weighted by Crippen LogP contribution is 2.19. The zero-order valence-corrected chi connectivity index (χ0v) is 13.2. The van der Waals surface area contributed by atoms with Crippen LogP contribution in [0.4, 0.5) is 5.69 Å². The van der Waals surface area contributed by atoms with Crippen molar-refractivity contribution in [3.8, 4) is 5.69 Å². The molecule has 5 nitrogen and oxygen atoms in total. The minimum Gasteiger partial charge on any atom is -0.324 e. The summed E-state index contributed by atoms with van der Waals surface area (Å²) in [6, 6.07) is 15.2. The zero-order valence-electron chi connectivity index (χ0n) is 11.6. The second-order valence-electron chi connectivity index (χ2n) is 4.71. The third-order valence-corrected chi connectivity index (χ3v) is 3.65. The van der Waals surface area contributed by atoms with Gasteiger partial charge in [-0.2, -0.15) is 5.10 Å². The number of hydrogen-bond acceptors (Lipinski definition) is 3. The molecule has 0 unspecified atom stereocenters. The maximum Gasteiger partial charge on any atom is 0.228 e. The average molecular weight is 357 g/mol. The Kier molecular flexibility index (Phi) is 4.29. The van der Waals surface area contributed by atoms with E-state index in [1.54, 1.807) is 11.0 Å². The average Bonchev–Trinajstić information content (AvgIpc) is 3.04. The molecule has 0 spiro atoms. The van der Waals surface area contributed by atoms with Crippen molar-refractivity contribution < 1.29 is 4.79 Å². The number of nitrogens with zero attached hydrogens (tertiary/aromatic N) is 3. The molecular weight excluding hydrogens is 344 g/mol. The molecule has 110 valence electrons. The van der Waals surface area contributed by atoms with Crippen LogP contribution < -0.4 is 5.32 Å². The first kappa shape index (κ1) is 14.5. The van der Waals surface area contributed by atoms with E-state index in [9.17, 15) is 4.79 Å². The predicted molar refractivity (Wildman–Crippen MR) is 87.8 cm³/mol. The third-order valence-electron chi connectivity index (χ3n) is 3.12.